The topological polar surface area (TPSA) is 131 Å². The Kier molecular flexibility index (Phi) is 5.92. The van der Waals surface area contributed by atoms with Crippen LogP contribution in [0.5, 0.6) is 0 Å². The van der Waals surface area contributed by atoms with E-state index in [2.05, 4.69) is 51.6 Å². The summed E-state index contributed by atoms with van der Waals surface area (Å²) in [6, 6.07) is 12.1. The number of hydrogen-bond acceptors (Lipinski definition) is 7. The molecule has 0 bridgehead atoms. The van der Waals surface area contributed by atoms with Crippen LogP contribution in [-0.2, 0) is 6.54 Å². The minimum atomic E-state index is 0.470. The Bertz CT molecular complexity index is 1200. The quantitative estimate of drug-likeness (QED) is 0.310. The van der Waals surface area contributed by atoms with E-state index in [4.69, 9.17) is 16.5 Å². The van der Waals surface area contributed by atoms with Gasteiger partial charge in [-0.3, -0.25) is 0 Å². The Morgan fingerprint density at radius 2 is 1.74 bits per heavy atom. The van der Waals surface area contributed by atoms with Crippen LogP contribution in [0, 0.1) is 13.8 Å². The van der Waals surface area contributed by atoms with Gasteiger partial charge in [-0.25, -0.2) is 4.98 Å². The summed E-state index contributed by atoms with van der Waals surface area (Å²) in [7, 11) is 0. The molecule has 0 aliphatic rings. The number of hydrogen-bond donors (Lipinski definition) is 5. The zero-order valence-electron chi connectivity index (χ0n) is 17.6. The zero-order valence-corrected chi connectivity index (χ0v) is 17.6. The standard InChI is InChI=1S/C23H26N8/c1-14-10-17(4-3-9-24)11-15(2)19(14)29-23-30-21-20(26-13-27-21)22(31-23)28-18-7-5-16(12-25)6-8-18/h3-8,10-11,13H,9,12,24-25H2,1-2H3,(H3,26,27,28,29,30,31)/b4-3+. The maximum Gasteiger partial charge on any atom is 0.231 e. The van der Waals surface area contributed by atoms with Crippen molar-refractivity contribution in [3.63, 3.8) is 0 Å². The summed E-state index contributed by atoms with van der Waals surface area (Å²) in [4.78, 5) is 16.7. The number of imidazole rings is 1. The van der Waals surface area contributed by atoms with Gasteiger partial charge < -0.3 is 27.1 Å². The molecule has 0 aliphatic carbocycles. The van der Waals surface area contributed by atoms with Crippen molar-refractivity contribution in [3.05, 3.63) is 71.1 Å². The molecule has 158 valence electrons. The van der Waals surface area contributed by atoms with Crippen LogP contribution in [0.2, 0.25) is 0 Å². The monoisotopic (exact) mass is 414 g/mol. The Balaban J connectivity index is 1.66. The van der Waals surface area contributed by atoms with Crippen LogP contribution < -0.4 is 22.1 Å². The average molecular weight is 415 g/mol. The molecular weight excluding hydrogens is 388 g/mol. The Labute approximate surface area is 180 Å². The van der Waals surface area contributed by atoms with Crippen molar-refractivity contribution in [2.75, 3.05) is 17.2 Å². The highest BCUT2D eigenvalue weighted by Crippen LogP contribution is 2.28. The van der Waals surface area contributed by atoms with E-state index in [1.807, 2.05) is 36.4 Å². The van der Waals surface area contributed by atoms with Crippen molar-refractivity contribution in [2.24, 2.45) is 11.5 Å². The average Bonchev–Trinajstić information content (AvgIpc) is 3.24. The van der Waals surface area contributed by atoms with Crippen LogP contribution in [0.15, 0.2) is 48.8 Å². The minimum absolute atomic E-state index is 0.470. The van der Waals surface area contributed by atoms with E-state index in [9.17, 15) is 0 Å². The highest BCUT2D eigenvalue weighted by Gasteiger charge is 2.13. The van der Waals surface area contributed by atoms with Gasteiger partial charge in [-0.15, -0.1) is 0 Å². The first-order valence-corrected chi connectivity index (χ1v) is 10.1. The number of aryl methyl sites for hydroxylation is 2. The fourth-order valence-electron chi connectivity index (χ4n) is 3.45. The van der Waals surface area contributed by atoms with Crippen molar-refractivity contribution in [1.29, 1.82) is 0 Å². The van der Waals surface area contributed by atoms with Gasteiger partial charge in [0.25, 0.3) is 0 Å². The predicted octanol–water partition coefficient (Wildman–Crippen LogP) is 3.89. The second-order valence-corrected chi connectivity index (χ2v) is 7.32. The Morgan fingerprint density at radius 1 is 1.00 bits per heavy atom. The number of rotatable bonds is 7. The van der Waals surface area contributed by atoms with Crippen LogP contribution in [0.1, 0.15) is 22.3 Å². The zero-order chi connectivity index (χ0) is 21.8. The molecule has 0 radical (unpaired) electrons. The molecule has 2 heterocycles. The first kappa shape index (κ1) is 20.5. The van der Waals surface area contributed by atoms with Crippen LogP contribution >= 0.6 is 0 Å². The van der Waals surface area contributed by atoms with Gasteiger partial charge in [0, 0.05) is 24.5 Å². The lowest BCUT2D eigenvalue weighted by molar-refractivity contribution is 1.07. The number of nitrogens with zero attached hydrogens (tertiary/aromatic N) is 3. The van der Waals surface area contributed by atoms with Gasteiger partial charge in [0.15, 0.2) is 11.5 Å². The van der Waals surface area contributed by atoms with Gasteiger partial charge in [0.05, 0.1) is 6.33 Å². The number of aromatic nitrogens is 4. The molecule has 0 saturated heterocycles. The van der Waals surface area contributed by atoms with Crippen molar-refractivity contribution >= 4 is 40.4 Å². The Hall–Kier alpha value is -3.75. The van der Waals surface area contributed by atoms with Gasteiger partial charge in [-0.05, 0) is 60.4 Å². The van der Waals surface area contributed by atoms with Crippen molar-refractivity contribution in [1.82, 2.24) is 19.9 Å². The second-order valence-electron chi connectivity index (χ2n) is 7.32. The van der Waals surface area contributed by atoms with E-state index in [-0.39, 0.29) is 0 Å². The van der Waals surface area contributed by atoms with Crippen LogP contribution in [0.25, 0.3) is 17.2 Å². The summed E-state index contributed by atoms with van der Waals surface area (Å²) in [5, 5.41) is 6.72. The van der Waals surface area contributed by atoms with Crippen molar-refractivity contribution in [3.8, 4) is 0 Å². The molecule has 8 heteroatoms. The third-order valence-corrected chi connectivity index (χ3v) is 4.98. The maximum absolute atomic E-state index is 5.69. The molecule has 8 nitrogen and oxygen atoms in total. The van der Waals surface area contributed by atoms with Gasteiger partial charge in [-0.2, -0.15) is 9.97 Å². The molecule has 0 fully saturated rings. The van der Waals surface area contributed by atoms with Gasteiger partial charge in [0.1, 0.15) is 5.52 Å². The molecule has 0 atom stereocenters. The van der Waals surface area contributed by atoms with E-state index < -0.39 is 0 Å². The van der Waals surface area contributed by atoms with E-state index in [0.717, 1.165) is 39.1 Å². The minimum Gasteiger partial charge on any atom is -0.340 e. The molecule has 7 N–H and O–H groups in total. The summed E-state index contributed by atoms with van der Waals surface area (Å²) >= 11 is 0. The summed E-state index contributed by atoms with van der Waals surface area (Å²) in [6.07, 6.45) is 5.57. The number of anilines is 4. The highest BCUT2D eigenvalue weighted by atomic mass is 15.2. The lowest BCUT2D eigenvalue weighted by Gasteiger charge is -2.14. The van der Waals surface area contributed by atoms with Crippen molar-refractivity contribution in [2.45, 2.75) is 20.4 Å². The summed E-state index contributed by atoms with van der Waals surface area (Å²) in [5.41, 5.74) is 18.8. The number of nitrogens with one attached hydrogen (secondary N) is 3. The second kappa shape index (κ2) is 8.95. The molecule has 2 aromatic heterocycles. The summed E-state index contributed by atoms with van der Waals surface area (Å²) in [5.74, 6) is 1.11. The molecule has 2 aromatic carbocycles. The molecular formula is C23H26N8. The molecule has 0 unspecified atom stereocenters. The largest absolute Gasteiger partial charge is 0.340 e. The first-order chi connectivity index (χ1) is 15.1. The molecule has 0 spiro atoms. The normalized spacial score (nSPS) is 11.4. The van der Waals surface area contributed by atoms with Crippen LogP contribution in [0.3, 0.4) is 0 Å². The van der Waals surface area contributed by atoms with E-state index in [1.54, 1.807) is 6.33 Å². The molecule has 0 aliphatic heterocycles. The van der Waals surface area contributed by atoms with Gasteiger partial charge in [-0.1, -0.05) is 24.3 Å². The Morgan fingerprint density at radius 3 is 2.42 bits per heavy atom. The number of benzene rings is 2. The van der Waals surface area contributed by atoms with Crippen molar-refractivity contribution < 1.29 is 0 Å². The summed E-state index contributed by atoms with van der Waals surface area (Å²) in [6.45, 7) is 5.13. The van der Waals surface area contributed by atoms with Crippen LogP contribution in [-0.4, -0.2) is 26.5 Å². The third-order valence-electron chi connectivity index (χ3n) is 4.98. The lowest BCUT2D eigenvalue weighted by Crippen LogP contribution is -2.04. The number of nitrogens with two attached hydrogens (primary N) is 2. The molecule has 4 aromatic rings. The number of fused-ring (bicyclic) bond motifs is 1. The maximum atomic E-state index is 5.69. The molecule has 0 saturated carbocycles. The first-order valence-electron chi connectivity index (χ1n) is 10.1. The van der Waals surface area contributed by atoms with E-state index >= 15 is 0 Å². The van der Waals surface area contributed by atoms with E-state index in [0.29, 0.717) is 30.5 Å². The number of H-pyrrole nitrogens is 1. The van der Waals surface area contributed by atoms with Gasteiger partial charge in [0.2, 0.25) is 5.95 Å². The summed E-state index contributed by atoms with van der Waals surface area (Å²) < 4.78 is 0. The smallest absolute Gasteiger partial charge is 0.231 e. The highest BCUT2D eigenvalue weighted by molar-refractivity contribution is 5.86. The molecule has 31 heavy (non-hydrogen) atoms. The van der Waals surface area contributed by atoms with Gasteiger partial charge >= 0.3 is 0 Å². The fourth-order valence-corrected chi connectivity index (χ4v) is 3.45. The number of aromatic amines is 1. The molecule has 0 amide bonds. The predicted molar refractivity (Wildman–Crippen MR) is 127 cm³/mol. The van der Waals surface area contributed by atoms with Crippen LogP contribution in [0.4, 0.5) is 23.1 Å². The lowest BCUT2D eigenvalue weighted by atomic mass is 10.0. The molecule has 4 rings (SSSR count). The fraction of sp³-hybridized carbons (Fsp3) is 0.174. The third kappa shape index (κ3) is 4.55. The van der Waals surface area contributed by atoms with E-state index in [1.165, 1.54) is 0 Å². The SMILES string of the molecule is Cc1cc(/C=C/CN)cc(C)c1Nc1nc(Nc2ccc(CN)cc2)c2[nH]cnc2n1.